The van der Waals surface area contributed by atoms with Crippen molar-refractivity contribution in [2.24, 2.45) is 5.73 Å². The molecule has 1 aliphatic rings. The number of hydrogen-bond donors (Lipinski definition) is 1. The molecule has 21 heavy (non-hydrogen) atoms. The Morgan fingerprint density at radius 1 is 1.43 bits per heavy atom. The van der Waals surface area contributed by atoms with Crippen molar-refractivity contribution in [3.05, 3.63) is 34.9 Å². The summed E-state index contributed by atoms with van der Waals surface area (Å²) in [6.45, 7) is 6.75. The molecule has 116 valence electrons. The van der Waals surface area contributed by atoms with E-state index in [1.165, 1.54) is 0 Å². The molecule has 5 heteroatoms. The molecule has 1 aromatic rings. The third kappa shape index (κ3) is 3.16. The number of benzene rings is 1. The molecule has 0 radical (unpaired) electrons. The van der Waals surface area contributed by atoms with Crippen molar-refractivity contribution in [1.82, 2.24) is 4.90 Å². The van der Waals surface area contributed by atoms with Crippen LogP contribution in [0.3, 0.4) is 0 Å². The van der Waals surface area contributed by atoms with Crippen LogP contribution in [0.25, 0.3) is 0 Å². The van der Waals surface area contributed by atoms with Crippen LogP contribution in [0, 0.1) is 0 Å². The molecule has 0 aromatic heterocycles. The fourth-order valence-electron chi connectivity index (χ4n) is 2.83. The number of ether oxygens (including phenoxy) is 1. The van der Waals surface area contributed by atoms with Crippen molar-refractivity contribution < 1.29 is 9.53 Å². The highest BCUT2D eigenvalue weighted by Gasteiger charge is 2.50. The van der Waals surface area contributed by atoms with E-state index >= 15 is 0 Å². The van der Waals surface area contributed by atoms with Crippen LogP contribution < -0.4 is 5.73 Å². The van der Waals surface area contributed by atoms with Crippen molar-refractivity contribution in [1.29, 1.82) is 0 Å². The first-order valence-corrected chi connectivity index (χ1v) is 7.64. The Labute approximate surface area is 131 Å². The van der Waals surface area contributed by atoms with E-state index in [1.807, 2.05) is 45.0 Å². The molecule has 2 N–H and O–H groups in total. The first kappa shape index (κ1) is 16.1. The maximum Gasteiger partial charge on any atom is 0.411 e. The monoisotopic (exact) mass is 310 g/mol. The van der Waals surface area contributed by atoms with Gasteiger partial charge >= 0.3 is 6.09 Å². The summed E-state index contributed by atoms with van der Waals surface area (Å²) in [6, 6.07) is 7.64. The normalized spacial score (nSPS) is 21.9. The van der Waals surface area contributed by atoms with Gasteiger partial charge in [0, 0.05) is 11.6 Å². The van der Waals surface area contributed by atoms with Crippen molar-refractivity contribution in [2.75, 3.05) is 13.1 Å². The van der Waals surface area contributed by atoms with Gasteiger partial charge in [-0.3, -0.25) is 4.90 Å². The first-order chi connectivity index (χ1) is 9.80. The summed E-state index contributed by atoms with van der Waals surface area (Å²) in [5.74, 6) is 0. The molecule has 4 nitrogen and oxygen atoms in total. The van der Waals surface area contributed by atoms with Crippen molar-refractivity contribution in [3.8, 4) is 0 Å². The zero-order valence-electron chi connectivity index (χ0n) is 12.9. The molecular formula is C16H23ClN2O2. The zero-order valence-corrected chi connectivity index (χ0v) is 13.6. The molecule has 1 fully saturated rings. The van der Waals surface area contributed by atoms with E-state index < -0.39 is 11.1 Å². The fourth-order valence-corrected chi connectivity index (χ4v) is 3.14. The Morgan fingerprint density at radius 2 is 2.10 bits per heavy atom. The Balaban J connectivity index is 2.31. The minimum absolute atomic E-state index is 0.304. The molecule has 1 aromatic carbocycles. The number of likely N-dealkylation sites (tertiary alicyclic amines) is 1. The highest BCUT2D eigenvalue weighted by Crippen LogP contribution is 2.46. The molecule has 0 saturated carbocycles. The van der Waals surface area contributed by atoms with Crippen molar-refractivity contribution in [2.45, 2.75) is 44.8 Å². The van der Waals surface area contributed by atoms with Gasteiger partial charge in [-0.2, -0.15) is 0 Å². The predicted octanol–water partition coefficient (Wildman–Crippen LogP) is 3.52. The Hall–Kier alpha value is -1.26. The van der Waals surface area contributed by atoms with E-state index in [0.29, 0.717) is 24.5 Å². The maximum atomic E-state index is 12.4. The summed E-state index contributed by atoms with van der Waals surface area (Å²) >= 11 is 6.34. The van der Waals surface area contributed by atoms with Gasteiger partial charge in [-0.25, -0.2) is 4.79 Å². The number of nitrogens with zero attached hydrogens (tertiary/aromatic N) is 1. The minimum Gasteiger partial charge on any atom is -0.444 e. The number of carbonyl (C=O) groups excluding carboxylic acids is 1. The van der Waals surface area contributed by atoms with E-state index in [9.17, 15) is 4.79 Å². The van der Waals surface area contributed by atoms with Crippen LogP contribution in [0.15, 0.2) is 24.3 Å². The molecule has 1 amide bonds. The second-order valence-electron chi connectivity index (χ2n) is 6.43. The molecule has 1 heterocycles. The average molecular weight is 311 g/mol. The molecule has 1 aliphatic heterocycles. The van der Waals surface area contributed by atoms with Crippen LogP contribution in [0.4, 0.5) is 4.79 Å². The number of nitrogens with two attached hydrogens (primary N) is 1. The van der Waals surface area contributed by atoms with E-state index in [-0.39, 0.29) is 6.09 Å². The van der Waals surface area contributed by atoms with Gasteiger partial charge in [0.05, 0.1) is 5.54 Å². The summed E-state index contributed by atoms with van der Waals surface area (Å²) in [4.78, 5) is 14.2. The molecule has 2 rings (SSSR count). The van der Waals surface area contributed by atoms with Crippen LogP contribution in [0.1, 0.15) is 39.2 Å². The second-order valence-corrected chi connectivity index (χ2v) is 6.84. The number of rotatable bonds is 3. The Kier molecular flexibility index (Phi) is 4.49. The van der Waals surface area contributed by atoms with Gasteiger partial charge in [-0.1, -0.05) is 29.8 Å². The van der Waals surface area contributed by atoms with Crippen LogP contribution in [-0.4, -0.2) is 29.7 Å². The summed E-state index contributed by atoms with van der Waals surface area (Å²) in [5.41, 5.74) is 5.78. The molecular weight excluding hydrogens is 288 g/mol. The minimum atomic E-state index is -0.512. The maximum absolute atomic E-state index is 12.4. The average Bonchev–Trinajstić information content (AvgIpc) is 2.33. The number of carbonyl (C=O) groups is 1. The van der Waals surface area contributed by atoms with Gasteiger partial charge in [-0.05, 0) is 51.8 Å². The lowest BCUT2D eigenvalue weighted by Crippen LogP contribution is -2.61. The molecule has 0 bridgehead atoms. The molecule has 1 unspecified atom stereocenters. The molecule has 1 saturated heterocycles. The third-order valence-electron chi connectivity index (χ3n) is 3.81. The molecule has 0 aliphatic carbocycles. The van der Waals surface area contributed by atoms with Crippen LogP contribution in [0.2, 0.25) is 5.02 Å². The number of halogens is 1. The predicted molar refractivity (Wildman–Crippen MR) is 84.4 cm³/mol. The highest BCUT2D eigenvalue weighted by molar-refractivity contribution is 6.31. The SMILES string of the molecule is CC(C)(C)OC(=O)N1CCC1(CCN)c1ccccc1Cl. The lowest BCUT2D eigenvalue weighted by molar-refractivity contribution is -0.0503. The highest BCUT2D eigenvalue weighted by atomic mass is 35.5. The van der Waals surface area contributed by atoms with E-state index in [4.69, 9.17) is 22.1 Å². The number of amides is 1. The number of hydrogen-bond acceptors (Lipinski definition) is 3. The first-order valence-electron chi connectivity index (χ1n) is 7.26. The van der Waals surface area contributed by atoms with Gasteiger partial charge in [0.25, 0.3) is 0 Å². The summed E-state index contributed by atoms with van der Waals surface area (Å²) < 4.78 is 5.51. The zero-order chi connectivity index (χ0) is 15.7. The largest absolute Gasteiger partial charge is 0.444 e. The van der Waals surface area contributed by atoms with Crippen LogP contribution in [0.5, 0.6) is 0 Å². The van der Waals surface area contributed by atoms with E-state index in [1.54, 1.807) is 4.90 Å². The standard InChI is InChI=1S/C16H23ClN2O2/c1-15(2,3)21-14(20)19-11-9-16(19,8-10-18)12-6-4-5-7-13(12)17/h4-7H,8-11,18H2,1-3H3. The molecule has 1 atom stereocenters. The lowest BCUT2D eigenvalue weighted by Gasteiger charge is -2.53. The van der Waals surface area contributed by atoms with Crippen LogP contribution >= 0.6 is 11.6 Å². The Morgan fingerprint density at radius 3 is 2.57 bits per heavy atom. The fraction of sp³-hybridized carbons (Fsp3) is 0.562. The van der Waals surface area contributed by atoms with Gasteiger partial charge in [0.2, 0.25) is 0 Å². The van der Waals surface area contributed by atoms with E-state index in [2.05, 4.69) is 0 Å². The topological polar surface area (TPSA) is 55.6 Å². The smallest absolute Gasteiger partial charge is 0.411 e. The van der Waals surface area contributed by atoms with Gasteiger partial charge in [0.1, 0.15) is 5.60 Å². The third-order valence-corrected chi connectivity index (χ3v) is 4.14. The van der Waals surface area contributed by atoms with Gasteiger partial charge in [-0.15, -0.1) is 0 Å². The molecule has 0 spiro atoms. The van der Waals surface area contributed by atoms with Crippen molar-refractivity contribution in [3.63, 3.8) is 0 Å². The second kappa shape index (κ2) is 5.85. The van der Waals surface area contributed by atoms with Crippen LogP contribution in [-0.2, 0) is 10.3 Å². The van der Waals surface area contributed by atoms with Crippen molar-refractivity contribution >= 4 is 17.7 Å². The van der Waals surface area contributed by atoms with E-state index in [0.717, 1.165) is 12.0 Å². The summed E-state index contributed by atoms with van der Waals surface area (Å²) in [6.07, 6.45) is 1.23. The quantitative estimate of drug-likeness (QED) is 0.929. The van der Waals surface area contributed by atoms with Gasteiger partial charge in [0.15, 0.2) is 0 Å². The Bertz CT molecular complexity index is 527. The summed E-state index contributed by atoms with van der Waals surface area (Å²) in [5, 5.41) is 0.666. The lowest BCUT2D eigenvalue weighted by atomic mass is 9.76. The summed E-state index contributed by atoms with van der Waals surface area (Å²) in [7, 11) is 0. The van der Waals surface area contributed by atoms with Gasteiger partial charge < -0.3 is 10.5 Å².